The Labute approximate surface area is 511 Å². The molecule has 24 heteroatoms. The van der Waals surface area contributed by atoms with Crippen molar-refractivity contribution in [1.29, 1.82) is 0 Å². The first-order valence-electron chi connectivity index (χ1n) is 21.1. The molecule has 80 heavy (non-hydrogen) atoms. The van der Waals surface area contributed by atoms with Gasteiger partial charge in [0.25, 0.3) is 0 Å². The van der Waals surface area contributed by atoms with Gasteiger partial charge in [0.15, 0.2) is 0 Å². The first kappa shape index (κ1) is 81.8. The second kappa shape index (κ2) is 40.5. The Balaban J connectivity index is -0.000000411. The summed E-state index contributed by atoms with van der Waals surface area (Å²) in [7, 11) is 0. The number of benzene rings is 8. The minimum Gasteiger partial charge on any atom is -0.278 e. The van der Waals surface area contributed by atoms with Crippen LogP contribution in [0.1, 0.15) is 44.5 Å². The molecule has 0 aliphatic carbocycles. The van der Waals surface area contributed by atoms with Crippen LogP contribution < -0.4 is 0 Å². The molecule has 0 aliphatic rings. The van der Waals surface area contributed by atoms with Gasteiger partial charge in [0, 0.05) is 0 Å². The van der Waals surface area contributed by atoms with Crippen LogP contribution in [0.5, 0.6) is 0 Å². The van der Waals surface area contributed by atoms with E-state index >= 15 is 0 Å². The summed E-state index contributed by atoms with van der Waals surface area (Å²) in [6.07, 6.45) is 0. The van der Waals surface area contributed by atoms with E-state index in [1.165, 1.54) is 44.5 Å². The van der Waals surface area contributed by atoms with Gasteiger partial charge in [-0.05, 0) is 99.9 Å². The fourth-order valence-electron chi connectivity index (χ4n) is 4.63. The van der Waals surface area contributed by atoms with Crippen LogP contribution >= 0.6 is 0 Å². The zero-order valence-corrected chi connectivity index (χ0v) is 47.9. The van der Waals surface area contributed by atoms with Gasteiger partial charge in [-0.2, -0.15) is 0 Å². The van der Waals surface area contributed by atoms with E-state index in [2.05, 4.69) is 152 Å². The topological polar surface area (TPSA) is 0 Å². The number of hydrogen-bond acceptors (Lipinski definition) is 0. The fraction of sp³-hybridized carbons (Fsp3) is 0.143. The predicted octanol–water partition coefficient (Wildman–Crippen LogP) is 17.9. The van der Waals surface area contributed by atoms with Gasteiger partial charge in [-0.1, -0.05) is 97.1 Å². The molecule has 0 nitrogen and oxygen atoms in total. The van der Waals surface area contributed by atoms with E-state index in [0.717, 1.165) is 24.3 Å². The molecule has 0 amide bonds. The molecule has 8 rings (SSSR count). The van der Waals surface area contributed by atoms with Gasteiger partial charge < -0.3 is 0 Å². The van der Waals surface area contributed by atoms with E-state index < -0.39 is 116 Å². The van der Waals surface area contributed by atoms with Crippen LogP contribution in [-0.2, 0) is 89.5 Å². The Bertz CT molecular complexity index is 2570. The van der Waals surface area contributed by atoms with Crippen molar-refractivity contribution in [2.24, 2.45) is 0 Å². The van der Waals surface area contributed by atoms with E-state index in [0.29, 0.717) is 0 Å². The Morgan fingerprint density at radius 3 is 0.338 bits per heavy atom. The zero-order valence-electron chi connectivity index (χ0n) is 42.0. The maximum atomic E-state index is 12.0. The molecule has 8 aromatic carbocycles. The van der Waals surface area contributed by atoms with E-state index in [4.69, 9.17) is 0 Å². The average molecular weight is 1520 g/mol. The summed E-state index contributed by atoms with van der Waals surface area (Å²) in [5.74, 6) is -40.2. The van der Waals surface area contributed by atoms with E-state index in [9.17, 15) is 87.8 Å². The zero-order chi connectivity index (χ0) is 58.3. The molecule has 0 spiro atoms. The van der Waals surface area contributed by atoms with Crippen molar-refractivity contribution >= 4 is 0 Å². The normalized spacial score (nSPS) is 9.35. The molecule has 0 atom stereocenters. The van der Waals surface area contributed by atoms with Crippen LogP contribution in [0.25, 0.3) is 0 Å². The molecule has 0 heterocycles. The Hall–Kier alpha value is -4.68. The molecule has 0 fully saturated rings. The maximum Gasteiger partial charge on any atom is 1.00 e. The molecule has 0 aromatic heterocycles. The summed E-state index contributed by atoms with van der Waals surface area (Å²) in [6, 6.07) is 37.5. The van der Waals surface area contributed by atoms with Crippen molar-refractivity contribution < 1.29 is 177 Å². The Morgan fingerprint density at radius 2 is 0.263 bits per heavy atom. The summed E-state index contributed by atoms with van der Waals surface area (Å²) in [5, 5.41) is 0. The predicted molar refractivity (Wildman–Crippen MR) is 244 cm³/mol. The van der Waals surface area contributed by atoms with Gasteiger partial charge in [-0.3, -0.25) is 35.1 Å². The average Bonchev–Trinajstić information content (AvgIpc) is 3.38. The summed E-state index contributed by atoms with van der Waals surface area (Å²) in [6.45, 7) is 17.0. The van der Waals surface area contributed by atoms with Gasteiger partial charge >= 0.3 is 89.5 Å². The molecular formula is C56H40Ag4F20. The largest absolute Gasteiger partial charge is 1.00 e. The van der Waals surface area contributed by atoms with E-state index in [1.54, 1.807) is 0 Å². The molecule has 0 unspecified atom stereocenters. The van der Waals surface area contributed by atoms with Gasteiger partial charge in [-0.25, -0.2) is 52.7 Å². The second-order valence-corrected chi connectivity index (χ2v) is 15.1. The standard InChI is InChI=1S/4C8H10.4C6F5.4Ag/c4*1-7-5-3-4-6-8(7)2;4*7-2-1-3(8)5(10)6(11)4(2)9;;;;/h4*3-6H,1-2H3;;;;;;;;/q;;;;4*-1;4*+1. The first-order chi connectivity index (χ1) is 35.4. The third kappa shape index (κ3) is 26.9. The number of halogens is 20. The third-order valence-corrected chi connectivity index (χ3v) is 9.66. The molecule has 8 aromatic rings. The van der Waals surface area contributed by atoms with Crippen molar-refractivity contribution in [2.45, 2.75) is 55.4 Å². The smallest absolute Gasteiger partial charge is 0.278 e. The van der Waals surface area contributed by atoms with Gasteiger partial charge in [-0.15, -0.1) is 24.3 Å². The first-order valence-corrected chi connectivity index (χ1v) is 21.1. The van der Waals surface area contributed by atoms with E-state index in [1.807, 2.05) is 0 Å². The molecule has 0 bridgehead atoms. The van der Waals surface area contributed by atoms with Crippen molar-refractivity contribution in [3.8, 4) is 0 Å². The van der Waals surface area contributed by atoms with Crippen molar-refractivity contribution in [3.05, 3.63) is 282 Å². The SMILES string of the molecule is Cc1ccccc1C.Cc1ccccc1C.Cc1ccccc1C.Cc1ccccc1C.Fc1[c-]c(F)c(F)c(F)c1F.Fc1[c-]c(F)c(F)c(F)c1F.Fc1[c-]c(F)c(F)c(F)c1F.Fc1[c-]c(F)c(F)c(F)c1F.[Ag+].[Ag+].[Ag+].[Ag+]. The number of aryl methyl sites for hydroxylation is 8. The quantitative estimate of drug-likeness (QED) is 0.0467. The van der Waals surface area contributed by atoms with Crippen LogP contribution in [0.15, 0.2) is 97.1 Å². The number of hydrogen-bond donors (Lipinski definition) is 0. The molecule has 0 saturated carbocycles. The molecule has 448 valence electrons. The monoisotopic (exact) mass is 1520 g/mol. The van der Waals surface area contributed by atoms with Gasteiger partial charge in [0.2, 0.25) is 0 Å². The molecule has 0 saturated heterocycles. The van der Waals surface area contributed by atoms with Crippen LogP contribution in [-0.4, -0.2) is 0 Å². The maximum absolute atomic E-state index is 12.0. The van der Waals surface area contributed by atoms with Crippen LogP contribution in [0, 0.1) is 196 Å². The Morgan fingerprint density at radius 1 is 0.175 bits per heavy atom. The molecule has 0 radical (unpaired) electrons. The summed E-state index contributed by atoms with van der Waals surface area (Å²) < 4.78 is 239. The molecule has 0 N–H and O–H groups in total. The van der Waals surface area contributed by atoms with Crippen LogP contribution in [0.4, 0.5) is 87.8 Å². The number of rotatable bonds is 0. The third-order valence-electron chi connectivity index (χ3n) is 9.66. The summed E-state index contributed by atoms with van der Waals surface area (Å²) in [5.41, 5.74) is 10.9. The summed E-state index contributed by atoms with van der Waals surface area (Å²) in [4.78, 5) is 0. The fourth-order valence-corrected chi connectivity index (χ4v) is 4.63. The Kier molecular flexibility index (Phi) is 41.4. The summed E-state index contributed by atoms with van der Waals surface area (Å²) >= 11 is 0. The van der Waals surface area contributed by atoms with Crippen LogP contribution in [0.2, 0.25) is 0 Å². The minimum atomic E-state index is -2.17. The minimum absolute atomic E-state index is 0. The molecule has 0 aliphatic heterocycles. The molecular weight excluding hydrogens is 1480 g/mol. The van der Waals surface area contributed by atoms with Gasteiger partial charge in [0.1, 0.15) is 0 Å². The van der Waals surface area contributed by atoms with Crippen molar-refractivity contribution in [2.75, 3.05) is 0 Å². The van der Waals surface area contributed by atoms with Gasteiger partial charge in [0.05, 0.1) is 116 Å². The van der Waals surface area contributed by atoms with Crippen molar-refractivity contribution in [3.63, 3.8) is 0 Å². The van der Waals surface area contributed by atoms with E-state index in [-0.39, 0.29) is 89.5 Å². The van der Waals surface area contributed by atoms with Crippen molar-refractivity contribution in [1.82, 2.24) is 0 Å². The second-order valence-electron chi connectivity index (χ2n) is 15.1. The van der Waals surface area contributed by atoms with Crippen LogP contribution in [0.3, 0.4) is 0 Å².